The van der Waals surface area contributed by atoms with E-state index < -0.39 is 25.9 Å². The monoisotopic (exact) mass is 380 g/mol. The van der Waals surface area contributed by atoms with E-state index in [1.54, 1.807) is 12.1 Å². The van der Waals surface area contributed by atoms with Crippen molar-refractivity contribution in [3.8, 4) is 6.07 Å². The zero-order chi connectivity index (χ0) is 18.1. The average Bonchev–Trinajstić information content (AvgIpc) is 3.21. The van der Waals surface area contributed by atoms with Crippen molar-refractivity contribution >= 4 is 19.9 Å². The summed E-state index contributed by atoms with van der Waals surface area (Å²) in [5.41, 5.74) is 0.220. The largest absolute Gasteiger partial charge is 0.468 e. The molecule has 1 saturated heterocycles. The molecule has 7 nitrogen and oxygen atoms in total. The minimum Gasteiger partial charge on any atom is -0.468 e. The van der Waals surface area contributed by atoms with E-state index in [4.69, 9.17) is 9.68 Å². The van der Waals surface area contributed by atoms with Gasteiger partial charge in [-0.05, 0) is 36.8 Å². The quantitative estimate of drug-likeness (QED) is 0.778. The number of nitrogens with zero attached hydrogens (tertiary/aromatic N) is 2. The summed E-state index contributed by atoms with van der Waals surface area (Å²) in [4.78, 5) is -0.0394. The van der Waals surface area contributed by atoms with Crippen molar-refractivity contribution in [3.05, 3.63) is 54.0 Å². The first kappa shape index (κ1) is 17.7. The number of nitriles is 1. The number of furan rings is 1. The molecule has 0 spiro atoms. The maximum Gasteiger partial charge on any atom is 0.243 e. The highest BCUT2D eigenvalue weighted by molar-refractivity contribution is 7.92. The van der Waals surface area contributed by atoms with Crippen molar-refractivity contribution in [2.45, 2.75) is 23.9 Å². The van der Waals surface area contributed by atoms with E-state index in [1.165, 1.54) is 30.5 Å². The van der Waals surface area contributed by atoms with Crippen molar-refractivity contribution < 1.29 is 21.3 Å². The summed E-state index contributed by atoms with van der Waals surface area (Å²) < 4.78 is 56.3. The van der Waals surface area contributed by atoms with Gasteiger partial charge in [-0.25, -0.2) is 16.8 Å². The van der Waals surface area contributed by atoms with Crippen LogP contribution in [0.4, 0.5) is 0 Å². The molecule has 0 bridgehead atoms. The minimum atomic E-state index is -3.99. The number of hydrogen-bond acceptors (Lipinski definition) is 6. The fourth-order valence-corrected chi connectivity index (χ4v) is 6.32. The summed E-state index contributed by atoms with van der Waals surface area (Å²) in [6.45, 7) is -0.0632. The molecule has 2 heterocycles. The fourth-order valence-electron chi connectivity index (χ4n) is 2.83. The summed E-state index contributed by atoms with van der Waals surface area (Å²) in [6.07, 6.45) is 1.67. The van der Waals surface area contributed by atoms with Crippen LogP contribution in [0, 0.1) is 11.3 Å². The zero-order valence-electron chi connectivity index (χ0n) is 13.2. The molecule has 9 heteroatoms. The Bertz CT molecular complexity index is 1010. The number of sulfonamides is 1. The second-order valence-corrected chi connectivity index (χ2v) is 9.95. The van der Waals surface area contributed by atoms with E-state index >= 15 is 0 Å². The number of hydrogen-bond donors (Lipinski definition) is 0. The molecule has 0 saturated carbocycles. The van der Waals surface area contributed by atoms with E-state index in [9.17, 15) is 16.8 Å². The molecule has 1 fully saturated rings. The molecule has 3 rings (SSSR count). The van der Waals surface area contributed by atoms with Crippen molar-refractivity contribution in [2.24, 2.45) is 0 Å². The Morgan fingerprint density at radius 2 is 2.08 bits per heavy atom. The molecule has 25 heavy (non-hydrogen) atoms. The molecule has 0 aliphatic carbocycles. The lowest BCUT2D eigenvalue weighted by atomic mass is 10.2. The molecule has 1 aliphatic rings. The third-order valence-corrected chi connectivity index (χ3v) is 7.72. The molecule has 1 aromatic carbocycles. The predicted octanol–water partition coefficient (Wildman–Crippen LogP) is 1.53. The number of benzene rings is 1. The van der Waals surface area contributed by atoms with Crippen LogP contribution in [-0.4, -0.2) is 38.7 Å². The van der Waals surface area contributed by atoms with E-state index in [0.717, 1.165) is 4.31 Å². The Hall–Kier alpha value is -2.15. The minimum absolute atomic E-state index is 0.0394. The Kier molecular flexibility index (Phi) is 4.69. The van der Waals surface area contributed by atoms with Crippen molar-refractivity contribution in [1.29, 1.82) is 5.26 Å². The number of rotatable bonds is 5. The van der Waals surface area contributed by atoms with Crippen LogP contribution in [0.2, 0.25) is 0 Å². The Morgan fingerprint density at radius 1 is 1.28 bits per heavy atom. The van der Waals surface area contributed by atoms with Gasteiger partial charge in [0.15, 0.2) is 9.84 Å². The molecule has 0 N–H and O–H groups in total. The van der Waals surface area contributed by atoms with E-state index in [-0.39, 0.29) is 34.9 Å². The standard InChI is InChI=1S/C16H16N2O5S2/c17-10-13-3-1-5-16(9-13)25(21,22)18(11-15-4-2-7-23-15)14-6-8-24(19,20)12-14/h1-5,7,9,14H,6,8,11-12H2/t14-/m1/s1. The first-order chi connectivity index (χ1) is 11.8. The molecule has 1 aliphatic heterocycles. The SMILES string of the molecule is N#Cc1cccc(S(=O)(=O)N(Cc2ccco2)[C@@H]2CCS(=O)(=O)C2)c1. The van der Waals surface area contributed by atoms with Crippen molar-refractivity contribution in [2.75, 3.05) is 11.5 Å². The van der Waals surface area contributed by atoms with Crippen LogP contribution in [0.25, 0.3) is 0 Å². The summed E-state index contributed by atoms with van der Waals surface area (Å²) in [7, 11) is -7.25. The Morgan fingerprint density at radius 3 is 2.68 bits per heavy atom. The Balaban J connectivity index is 2.02. The molecule has 2 aromatic rings. The van der Waals surface area contributed by atoms with Gasteiger partial charge in [-0.15, -0.1) is 0 Å². The van der Waals surface area contributed by atoms with Gasteiger partial charge in [0.05, 0.1) is 40.8 Å². The smallest absolute Gasteiger partial charge is 0.243 e. The average molecular weight is 380 g/mol. The van der Waals surface area contributed by atoms with Gasteiger partial charge in [-0.2, -0.15) is 9.57 Å². The lowest BCUT2D eigenvalue weighted by Crippen LogP contribution is -2.40. The van der Waals surface area contributed by atoms with Gasteiger partial charge in [-0.3, -0.25) is 0 Å². The molecule has 0 radical (unpaired) electrons. The molecule has 1 atom stereocenters. The van der Waals surface area contributed by atoms with Crippen LogP contribution in [0.3, 0.4) is 0 Å². The maximum absolute atomic E-state index is 13.1. The third-order valence-electron chi connectivity index (χ3n) is 4.08. The lowest BCUT2D eigenvalue weighted by Gasteiger charge is -2.26. The molecule has 1 aromatic heterocycles. The molecule has 0 unspecified atom stereocenters. The summed E-state index contributed by atoms with van der Waals surface area (Å²) in [5, 5.41) is 9.00. The van der Waals surface area contributed by atoms with Crippen LogP contribution in [-0.2, 0) is 26.4 Å². The topological polar surface area (TPSA) is 108 Å². The first-order valence-corrected chi connectivity index (χ1v) is 10.8. The highest BCUT2D eigenvalue weighted by atomic mass is 32.2. The molecule has 132 valence electrons. The molecular formula is C16H16N2O5S2. The highest BCUT2D eigenvalue weighted by Gasteiger charge is 2.39. The van der Waals surface area contributed by atoms with Gasteiger partial charge in [0.1, 0.15) is 5.76 Å². The van der Waals surface area contributed by atoms with Crippen LogP contribution in [0.1, 0.15) is 17.7 Å². The van der Waals surface area contributed by atoms with Gasteiger partial charge < -0.3 is 4.42 Å². The van der Waals surface area contributed by atoms with Crippen LogP contribution in [0.5, 0.6) is 0 Å². The van der Waals surface area contributed by atoms with Crippen molar-refractivity contribution in [3.63, 3.8) is 0 Å². The molecular weight excluding hydrogens is 364 g/mol. The summed E-state index contributed by atoms with van der Waals surface area (Å²) in [5.74, 6) is 0.162. The second-order valence-electron chi connectivity index (χ2n) is 5.83. The van der Waals surface area contributed by atoms with E-state index in [0.29, 0.717) is 5.76 Å². The van der Waals surface area contributed by atoms with Gasteiger partial charge in [0.25, 0.3) is 0 Å². The predicted molar refractivity (Wildman–Crippen MR) is 89.7 cm³/mol. The van der Waals surface area contributed by atoms with Crippen molar-refractivity contribution in [1.82, 2.24) is 4.31 Å². The third kappa shape index (κ3) is 3.76. The maximum atomic E-state index is 13.1. The summed E-state index contributed by atoms with van der Waals surface area (Å²) >= 11 is 0. The van der Waals surface area contributed by atoms with Crippen LogP contribution < -0.4 is 0 Å². The van der Waals surface area contributed by atoms with E-state index in [1.807, 2.05) is 6.07 Å². The molecule has 0 amide bonds. The second kappa shape index (κ2) is 6.63. The van der Waals surface area contributed by atoms with Gasteiger partial charge in [-0.1, -0.05) is 6.07 Å². The number of sulfone groups is 1. The van der Waals surface area contributed by atoms with Gasteiger partial charge in [0, 0.05) is 6.04 Å². The normalized spacial score (nSPS) is 19.8. The zero-order valence-corrected chi connectivity index (χ0v) is 14.8. The first-order valence-electron chi connectivity index (χ1n) is 7.57. The highest BCUT2D eigenvalue weighted by Crippen LogP contribution is 2.27. The Labute approximate surface area is 146 Å². The van der Waals surface area contributed by atoms with Gasteiger partial charge >= 0.3 is 0 Å². The van der Waals surface area contributed by atoms with Crippen LogP contribution in [0.15, 0.2) is 52.0 Å². The van der Waals surface area contributed by atoms with Crippen LogP contribution >= 0.6 is 0 Å². The summed E-state index contributed by atoms with van der Waals surface area (Å²) in [6, 6.07) is 10.2. The lowest BCUT2D eigenvalue weighted by molar-refractivity contribution is 0.307. The fraction of sp³-hybridized carbons (Fsp3) is 0.312. The van der Waals surface area contributed by atoms with Gasteiger partial charge in [0.2, 0.25) is 10.0 Å². The van der Waals surface area contributed by atoms with E-state index in [2.05, 4.69) is 0 Å².